The molecule has 12 N–H and O–H groups in total. The van der Waals surface area contributed by atoms with E-state index in [4.69, 9.17) is 21.1 Å². The number of phenols is 2. The van der Waals surface area contributed by atoms with Crippen LogP contribution in [0.1, 0.15) is 46.2 Å². The molecule has 0 saturated heterocycles. The van der Waals surface area contributed by atoms with E-state index in [1.807, 2.05) is 0 Å². The second-order valence-corrected chi connectivity index (χ2v) is 19.1. The van der Waals surface area contributed by atoms with E-state index in [-0.39, 0.29) is 71.9 Å². The van der Waals surface area contributed by atoms with E-state index < -0.39 is 116 Å². The summed E-state index contributed by atoms with van der Waals surface area (Å²) in [5.74, 6) is -13.4. The van der Waals surface area contributed by atoms with Gasteiger partial charge >= 0.3 is 0 Å². The molecule has 0 bridgehead atoms. The SMILES string of the molecule is CON(C)Cc1ccc(O)c2c1CC1CC3[C@H](N(C)C)C(=O)C(C(N)=O)=C(O)[C@@]3(O)C(=O)C1=C2O.CON(C)Cc1ccc(O)c2c1CC1CC3[C@H](N(C)C)C(=O)C(C(N)=O)=C(O)[C@@]3(O)C(=O)C1=C2O.Cl. The lowest BCUT2D eigenvalue weighted by atomic mass is 9.57. The minimum atomic E-state index is -2.64. The maximum absolute atomic E-state index is 13.8. The summed E-state index contributed by atoms with van der Waals surface area (Å²) in [6.07, 6.45) is 0.549. The van der Waals surface area contributed by atoms with Gasteiger partial charge in [0.25, 0.3) is 11.8 Å². The second kappa shape index (κ2) is 19.4. The number of Topliss-reactive ketones (excluding diaryl/α,β-unsaturated/α-hetero) is 4. The molecule has 2 saturated carbocycles. The first kappa shape index (κ1) is 54.1. The highest BCUT2D eigenvalue weighted by Gasteiger charge is 2.66. The molecule has 6 aliphatic carbocycles. The lowest BCUT2D eigenvalue weighted by Crippen LogP contribution is -2.65. The summed E-state index contributed by atoms with van der Waals surface area (Å²) >= 11 is 0. The van der Waals surface area contributed by atoms with E-state index in [1.54, 1.807) is 64.5 Å². The van der Waals surface area contributed by atoms with Crippen molar-refractivity contribution in [1.29, 1.82) is 0 Å². The summed E-state index contributed by atoms with van der Waals surface area (Å²) in [7, 11) is 12.7. The van der Waals surface area contributed by atoms with Gasteiger partial charge in [0.15, 0.2) is 22.8 Å². The molecule has 0 radical (unpaired) electrons. The number of nitrogens with zero attached hydrogens (tertiary/aromatic N) is 4. The molecule has 2 fully saturated rings. The Bertz CT molecular complexity index is 2600. The number of phenolic OH excluding ortho intramolecular Hbond substituents is 2. The molecule has 0 aliphatic heterocycles. The zero-order valence-electron chi connectivity index (χ0n) is 40.2. The number of carbonyl (C=O) groups excluding carboxylic acids is 6. The topological polar surface area (TPSA) is 348 Å². The number of aliphatic hydroxyl groups is 6. The molecule has 22 nitrogen and oxygen atoms in total. The Morgan fingerprint density at radius 1 is 0.606 bits per heavy atom. The smallest absolute Gasteiger partial charge is 0.255 e. The molecule has 0 aromatic heterocycles. The quantitative estimate of drug-likeness (QED) is 0.113. The third kappa shape index (κ3) is 8.25. The Labute approximate surface area is 413 Å². The Morgan fingerprint density at radius 3 is 1.21 bits per heavy atom. The highest BCUT2D eigenvalue weighted by atomic mass is 35.5. The molecule has 2 amide bonds. The van der Waals surface area contributed by atoms with Gasteiger partial charge in [-0.2, -0.15) is 10.1 Å². The average Bonchev–Trinajstić information content (AvgIpc) is 3.27. The van der Waals surface area contributed by atoms with Crippen molar-refractivity contribution in [3.63, 3.8) is 0 Å². The van der Waals surface area contributed by atoms with Crippen LogP contribution in [0.15, 0.2) is 58.1 Å². The minimum absolute atomic E-state index is 0. The Balaban J connectivity index is 0.000000229. The maximum Gasteiger partial charge on any atom is 0.255 e. The zero-order valence-corrected chi connectivity index (χ0v) is 41.0. The van der Waals surface area contributed by atoms with Gasteiger partial charge in [-0.1, -0.05) is 12.1 Å². The van der Waals surface area contributed by atoms with Crippen LogP contribution >= 0.6 is 12.4 Å². The number of ketones is 4. The maximum atomic E-state index is 13.8. The first-order valence-electron chi connectivity index (χ1n) is 22.2. The van der Waals surface area contributed by atoms with Gasteiger partial charge in [0.1, 0.15) is 45.7 Å². The largest absolute Gasteiger partial charge is 0.508 e. The number of halogens is 1. The van der Waals surface area contributed by atoms with Crippen molar-refractivity contribution < 1.29 is 79.3 Å². The number of amides is 2. The van der Waals surface area contributed by atoms with Crippen LogP contribution in [0.4, 0.5) is 0 Å². The fraction of sp³-hybridized carbons (Fsp3) is 0.458. The van der Waals surface area contributed by atoms with Gasteiger partial charge < -0.3 is 62.0 Å². The number of aromatic hydroxyl groups is 2. The van der Waals surface area contributed by atoms with Crippen LogP contribution < -0.4 is 11.5 Å². The van der Waals surface area contributed by atoms with E-state index in [0.29, 0.717) is 24.2 Å². The molecule has 2 aromatic rings. The Kier molecular flexibility index (Phi) is 14.8. The number of carbonyl (C=O) groups is 6. The Hall–Kier alpha value is -6.21. The van der Waals surface area contributed by atoms with Crippen LogP contribution in [-0.4, -0.2) is 176 Å². The van der Waals surface area contributed by atoms with Gasteiger partial charge in [-0.05, 0) is 100 Å². The van der Waals surface area contributed by atoms with Gasteiger partial charge in [0, 0.05) is 50.2 Å². The number of fused-ring (bicyclic) bond motifs is 6. The van der Waals surface area contributed by atoms with E-state index >= 15 is 0 Å². The van der Waals surface area contributed by atoms with Gasteiger partial charge in [0.05, 0.1) is 37.4 Å². The van der Waals surface area contributed by atoms with Gasteiger partial charge in [-0.3, -0.25) is 38.6 Å². The number of hydrogen-bond acceptors (Lipinski definition) is 20. The van der Waals surface area contributed by atoms with E-state index in [9.17, 15) is 69.6 Å². The van der Waals surface area contributed by atoms with Gasteiger partial charge in [0.2, 0.25) is 11.6 Å². The molecule has 0 spiro atoms. The number of rotatable bonds is 10. The number of primary amides is 2. The monoisotopic (exact) mass is 1010 g/mol. The van der Waals surface area contributed by atoms with Crippen molar-refractivity contribution in [2.75, 3.05) is 56.5 Å². The molecule has 8 atom stereocenters. The fourth-order valence-electron chi connectivity index (χ4n) is 11.5. The van der Waals surface area contributed by atoms with E-state index in [1.165, 1.54) is 36.2 Å². The van der Waals surface area contributed by atoms with Crippen molar-refractivity contribution in [2.45, 2.75) is 62.1 Å². The molecular weight excluding hydrogens is 952 g/mol. The van der Waals surface area contributed by atoms with Crippen LogP contribution in [0.3, 0.4) is 0 Å². The third-order valence-corrected chi connectivity index (χ3v) is 14.8. The third-order valence-electron chi connectivity index (χ3n) is 14.8. The standard InChI is InChI=1S/2C24H29N3O8.ClH/c2*1-26(2)18-13-8-11-7-12-10(9-27(3)35-4)5-6-14(28)16(12)19(29)15(11)21(31)24(13,34)22(32)17(20(18)30)23(25)33;/h2*5-6,11,13,18,28-29,32,34H,7-9H2,1-4H3,(H2,25,33);1H/t2*11?,13?,18-,24-;/m00./s1. The number of hydroxylamine groups is 4. The van der Waals surface area contributed by atoms with E-state index in [2.05, 4.69) is 0 Å². The molecule has 23 heteroatoms. The predicted octanol–water partition coefficient (Wildman–Crippen LogP) is 0.336. The normalized spacial score (nSPS) is 28.0. The molecule has 71 heavy (non-hydrogen) atoms. The van der Waals surface area contributed by atoms with Crippen LogP contribution in [0, 0.1) is 23.7 Å². The predicted molar refractivity (Wildman–Crippen MR) is 253 cm³/mol. The molecule has 0 heterocycles. The molecule has 4 unspecified atom stereocenters. The highest BCUT2D eigenvalue weighted by Crippen LogP contribution is 2.55. The van der Waals surface area contributed by atoms with Gasteiger partial charge in [-0.25, -0.2) is 0 Å². The summed E-state index contributed by atoms with van der Waals surface area (Å²) in [5.41, 5.74) is 6.17. The molecule has 384 valence electrons. The van der Waals surface area contributed by atoms with Gasteiger partial charge in [-0.15, -0.1) is 12.4 Å². The minimum Gasteiger partial charge on any atom is -0.508 e. The second-order valence-electron chi connectivity index (χ2n) is 19.1. The summed E-state index contributed by atoms with van der Waals surface area (Å²) in [5, 5.41) is 91.4. The van der Waals surface area contributed by atoms with Crippen molar-refractivity contribution in [3.05, 3.63) is 91.5 Å². The lowest BCUT2D eigenvalue weighted by Gasteiger charge is -2.50. The fourth-order valence-corrected chi connectivity index (χ4v) is 11.5. The Morgan fingerprint density at radius 2 is 0.930 bits per heavy atom. The van der Waals surface area contributed by atoms with Crippen molar-refractivity contribution in [1.82, 2.24) is 19.9 Å². The molecule has 8 rings (SSSR count). The molecular formula is C48H59ClN6O16. The number of nitrogens with two attached hydrogens (primary N) is 2. The molecule has 2 aromatic carbocycles. The number of likely N-dealkylation sites (N-methyl/N-ethyl adjacent to an activating group) is 2. The lowest BCUT2D eigenvalue weighted by molar-refractivity contribution is -0.155. The summed E-state index contributed by atoms with van der Waals surface area (Å²) < 4.78 is 0. The van der Waals surface area contributed by atoms with Crippen LogP contribution in [0.5, 0.6) is 11.5 Å². The molecule has 6 aliphatic rings. The van der Waals surface area contributed by atoms with E-state index in [0.717, 1.165) is 11.1 Å². The number of benzene rings is 2. The van der Waals surface area contributed by atoms with Crippen LogP contribution in [0.2, 0.25) is 0 Å². The first-order chi connectivity index (χ1) is 32.7. The van der Waals surface area contributed by atoms with Crippen LogP contribution in [0.25, 0.3) is 11.5 Å². The number of hydrogen-bond donors (Lipinski definition) is 10. The first-order valence-corrected chi connectivity index (χ1v) is 22.2. The average molecular weight is 1010 g/mol. The summed E-state index contributed by atoms with van der Waals surface area (Å²) in [6.45, 7) is 0.667. The van der Waals surface area contributed by atoms with Crippen molar-refractivity contribution >= 4 is 58.9 Å². The summed E-state index contributed by atoms with van der Waals surface area (Å²) in [6, 6.07) is 3.95. The van der Waals surface area contributed by atoms with Crippen LogP contribution in [-0.2, 0) is 64.4 Å². The van der Waals surface area contributed by atoms with Crippen molar-refractivity contribution in [3.8, 4) is 11.5 Å². The summed E-state index contributed by atoms with van der Waals surface area (Å²) in [4.78, 5) is 91.1. The highest BCUT2D eigenvalue weighted by molar-refractivity contribution is 6.25. The van der Waals surface area contributed by atoms with Crippen molar-refractivity contribution in [2.24, 2.45) is 35.1 Å². The zero-order chi connectivity index (χ0) is 52.0. The number of aliphatic hydroxyl groups excluding tert-OH is 4.